The molecule has 4 nitrogen and oxygen atoms in total. The van der Waals surface area contributed by atoms with Crippen molar-refractivity contribution in [2.45, 2.75) is 32.1 Å². The molecule has 4 aliphatic carbocycles. The highest BCUT2D eigenvalue weighted by molar-refractivity contribution is 5.84. The van der Waals surface area contributed by atoms with Gasteiger partial charge in [-0.25, -0.2) is 0 Å². The van der Waals surface area contributed by atoms with Gasteiger partial charge in [-0.2, -0.15) is 0 Å². The second kappa shape index (κ2) is 4.56. The zero-order valence-electron chi connectivity index (χ0n) is 10.9. The molecule has 0 aromatic carbocycles. The molecule has 4 bridgehead atoms. The van der Waals surface area contributed by atoms with Crippen molar-refractivity contribution in [3.05, 3.63) is 0 Å². The van der Waals surface area contributed by atoms with Crippen LogP contribution in [0.1, 0.15) is 32.1 Å². The highest BCUT2D eigenvalue weighted by atomic mass is 16.5. The standard InChI is InChI=1S/C14H21NO3/c1-18-12(16)7-15-14(17)13-10-3-8-2-9(5-10)6-11(13)4-8/h8-11,13H,2-7H2,1H3,(H,15,17). The first-order valence-corrected chi connectivity index (χ1v) is 7.02. The highest BCUT2D eigenvalue weighted by Gasteiger charge is 2.50. The third kappa shape index (κ3) is 2.02. The van der Waals surface area contributed by atoms with E-state index in [4.69, 9.17) is 0 Å². The van der Waals surface area contributed by atoms with Gasteiger partial charge < -0.3 is 10.1 Å². The Morgan fingerprint density at radius 1 is 1.06 bits per heavy atom. The largest absolute Gasteiger partial charge is 0.468 e. The average Bonchev–Trinajstić information content (AvgIpc) is 2.34. The third-order valence-electron chi connectivity index (χ3n) is 5.16. The van der Waals surface area contributed by atoms with Gasteiger partial charge in [-0.3, -0.25) is 9.59 Å². The van der Waals surface area contributed by atoms with Gasteiger partial charge in [0.2, 0.25) is 5.91 Å². The summed E-state index contributed by atoms with van der Waals surface area (Å²) in [5.41, 5.74) is 0. The lowest BCUT2D eigenvalue weighted by atomic mass is 9.51. The van der Waals surface area contributed by atoms with Crippen molar-refractivity contribution < 1.29 is 14.3 Å². The molecule has 0 saturated heterocycles. The molecule has 0 unspecified atom stereocenters. The fourth-order valence-electron chi connectivity index (χ4n) is 4.70. The molecule has 18 heavy (non-hydrogen) atoms. The Balaban J connectivity index is 1.62. The van der Waals surface area contributed by atoms with Gasteiger partial charge in [-0.1, -0.05) is 0 Å². The zero-order chi connectivity index (χ0) is 12.7. The molecule has 0 aliphatic heterocycles. The number of hydrogen-bond donors (Lipinski definition) is 1. The van der Waals surface area contributed by atoms with E-state index >= 15 is 0 Å². The minimum Gasteiger partial charge on any atom is -0.468 e. The van der Waals surface area contributed by atoms with Crippen LogP contribution in [-0.4, -0.2) is 25.5 Å². The normalized spacial score (nSPS) is 40.6. The fourth-order valence-corrected chi connectivity index (χ4v) is 4.70. The Hall–Kier alpha value is -1.06. The van der Waals surface area contributed by atoms with Crippen molar-refractivity contribution >= 4 is 11.9 Å². The molecule has 0 radical (unpaired) electrons. The predicted molar refractivity (Wildman–Crippen MR) is 65.6 cm³/mol. The number of amides is 1. The average molecular weight is 251 g/mol. The maximum atomic E-state index is 12.2. The van der Waals surface area contributed by atoms with Crippen molar-refractivity contribution in [2.24, 2.45) is 29.6 Å². The van der Waals surface area contributed by atoms with Crippen LogP contribution in [0, 0.1) is 29.6 Å². The van der Waals surface area contributed by atoms with Crippen molar-refractivity contribution in [2.75, 3.05) is 13.7 Å². The lowest BCUT2D eigenvalue weighted by molar-refractivity contribution is -0.145. The van der Waals surface area contributed by atoms with E-state index in [9.17, 15) is 9.59 Å². The van der Waals surface area contributed by atoms with E-state index in [-0.39, 0.29) is 24.3 Å². The molecule has 4 rings (SSSR count). The molecular weight excluding hydrogens is 230 g/mol. The van der Waals surface area contributed by atoms with Crippen molar-refractivity contribution in [1.82, 2.24) is 5.32 Å². The molecule has 0 atom stereocenters. The van der Waals surface area contributed by atoms with Gasteiger partial charge in [0.25, 0.3) is 0 Å². The molecular formula is C14H21NO3. The van der Waals surface area contributed by atoms with Gasteiger partial charge in [-0.15, -0.1) is 0 Å². The number of methoxy groups -OCH3 is 1. The monoisotopic (exact) mass is 251 g/mol. The lowest BCUT2D eigenvalue weighted by Gasteiger charge is -2.53. The summed E-state index contributed by atoms with van der Waals surface area (Å²) in [5.74, 6) is 2.75. The predicted octanol–water partition coefficient (Wildman–Crippen LogP) is 1.35. The minimum atomic E-state index is -0.368. The van der Waals surface area contributed by atoms with Crippen LogP contribution >= 0.6 is 0 Å². The molecule has 0 heterocycles. The lowest BCUT2D eigenvalue weighted by Crippen LogP contribution is -2.51. The van der Waals surface area contributed by atoms with Crippen LogP contribution in [0.4, 0.5) is 0 Å². The summed E-state index contributed by atoms with van der Waals surface area (Å²) in [6.07, 6.45) is 6.29. The molecule has 1 N–H and O–H groups in total. The van der Waals surface area contributed by atoms with E-state index in [0.29, 0.717) is 11.8 Å². The number of nitrogens with one attached hydrogen (secondary N) is 1. The quantitative estimate of drug-likeness (QED) is 0.770. The van der Waals surface area contributed by atoms with E-state index in [1.165, 1.54) is 39.2 Å². The smallest absolute Gasteiger partial charge is 0.325 e. The molecule has 4 fully saturated rings. The Morgan fingerprint density at radius 3 is 2.11 bits per heavy atom. The first-order valence-electron chi connectivity index (χ1n) is 7.02. The molecule has 0 aromatic heterocycles. The molecule has 100 valence electrons. The van der Waals surface area contributed by atoms with E-state index in [1.54, 1.807) is 0 Å². The van der Waals surface area contributed by atoms with Crippen LogP contribution in [0.5, 0.6) is 0 Å². The first-order chi connectivity index (χ1) is 8.67. The van der Waals surface area contributed by atoms with Crippen LogP contribution in [0.25, 0.3) is 0 Å². The number of esters is 1. The summed E-state index contributed by atoms with van der Waals surface area (Å²) in [4.78, 5) is 23.3. The molecule has 0 aromatic rings. The number of carbonyl (C=O) groups is 2. The topological polar surface area (TPSA) is 55.4 Å². The number of rotatable bonds is 3. The van der Waals surface area contributed by atoms with Crippen LogP contribution in [0.2, 0.25) is 0 Å². The number of hydrogen-bond acceptors (Lipinski definition) is 3. The van der Waals surface area contributed by atoms with Crippen LogP contribution in [0.3, 0.4) is 0 Å². The van der Waals surface area contributed by atoms with Gasteiger partial charge in [-0.05, 0) is 55.8 Å². The van der Waals surface area contributed by atoms with Gasteiger partial charge in [0.1, 0.15) is 6.54 Å². The van der Waals surface area contributed by atoms with E-state index in [0.717, 1.165) is 11.8 Å². The summed E-state index contributed by atoms with van der Waals surface area (Å²) in [6.45, 7) is 0.0120. The van der Waals surface area contributed by atoms with Gasteiger partial charge in [0.05, 0.1) is 7.11 Å². The molecule has 4 heteroatoms. The Labute approximate surface area is 107 Å². The molecule has 4 saturated carbocycles. The maximum Gasteiger partial charge on any atom is 0.325 e. The Morgan fingerprint density at radius 2 is 1.61 bits per heavy atom. The number of carbonyl (C=O) groups excluding carboxylic acids is 2. The van der Waals surface area contributed by atoms with Crippen LogP contribution < -0.4 is 5.32 Å². The van der Waals surface area contributed by atoms with E-state index in [2.05, 4.69) is 10.1 Å². The van der Waals surface area contributed by atoms with Crippen molar-refractivity contribution in [3.63, 3.8) is 0 Å². The van der Waals surface area contributed by atoms with Gasteiger partial charge in [0, 0.05) is 5.92 Å². The first kappa shape index (κ1) is 12.0. The maximum absolute atomic E-state index is 12.2. The summed E-state index contributed by atoms with van der Waals surface area (Å²) in [5, 5.41) is 2.75. The summed E-state index contributed by atoms with van der Waals surface area (Å²) in [6, 6.07) is 0. The van der Waals surface area contributed by atoms with Crippen LogP contribution in [-0.2, 0) is 14.3 Å². The van der Waals surface area contributed by atoms with Crippen molar-refractivity contribution in [3.8, 4) is 0 Å². The van der Waals surface area contributed by atoms with E-state index in [1.807, 2.05) is 0 Å². The Kier molecular flexibility index (Phi) is 3.04. The van der Waals surface area contributed by atoms with Gasteiger partial charge in [0.15, 0.2) is 0 Å². The molecule has 4 aliphatic rings. The third-order valence-corrected chi connectivity index (χ3v) is 5.16. The second-order valence-electron chi connectivity index (χ2n) is 6.25. The van der Waals surface area contributed by atoms with Crippen LogP contribution in [0.15, 0.2) is 0 Å². The highest BCUT2D eigenvalue weighted by Crippen LogP contribution is 2.56. The molecule has 1 amide bonds. The Bertz CT molecular complexity index is 338. The minimum absolute atomic E-state index is 0.0120. The SMILES string of the molecule is COC(=O)CNC(=O)C1C2CC3CC(C2)CC1C3. The fraction of sp³-hybridized carbons (Fsp3) is 0.857. The van der Waals surface area contributed by atoms with Crippen molar-refractivity contribution in [1.29, 1.82) is 0 Å². The summed E-state index contributed by atoms with van der Waals surface area (Å²) < 4.78 is 4.55. The summed E-state index contributed by atoms with van der Waals surface area (Å²) >= 11 is 0. The molecule has 0 spiro atoms. The summed E-state index contributed by atoms with van der Waals surface area (Å²) in [7, 11) is 1.34. The zero-order valence-corrected chi connectivity index (χ0v) is 10.9. The van der Waals surface area contributed by atoms with E-state index < -0.39 is 0 Å². The number of ether oxygens (including phenoxy) is 1. The second-order valence-corrected chi connectivity index (χ2v) is 6.25. The van der Waals surface area contributed by atoms with Gasteiger partial charge >= 0.3 is 5.97 Å².